The molecule has 0 heterocycles. The van der Waals surface area contributed by atoms with Gasteiger partial charge in [-0.1, -0.05) is 52.0 Å². The van der Waals surface area contributed by atoms with Crippen molar-refractivity contribution in [2.75, 3.05) is 54.5 Å². The van der Waals surface area contributed by atoms with Gasteiger partial charge in [-0.25, -0.2) is 0 Å². The molecular weight excluding hydrogens is 388 g/mol. The van der Waals surface area contributed by atoms with E-state index in [0.717, 1.165) is 24.6 Å². The van der Waals surface area contributed by atoms with E-state index >= 15 is 0 Å². The van der Waals surface area contributed by atoms with Gasteiger partial charge >= 0.3 is 0 Å². The summed E-state index contributed by atoms with van der Waals surface area (Å²) in [5.41, 5.74) is 0.0469. The van der Waals surface area contributed by atoms with Gasteiger partial charge in [-0.15, -0.1) is 0 Å². The van der Waals surface area contributed by atoms with E-state index in [2.05, 4.69) is 65.7 Å². The molecule has 0 spiro atoms. The number of hydrogen-bond acceptors (Lipinski definition) is 5. The minimum absolute atomic E-state index is 0.0235. The van der Waals surface area contributed by atoms with Crippen molar-refractivity contribution in [3.05, 3.63) is 48.5 Å². The Morgan fingerprint density at radius 1 is 0.581 bits per heavy atom. The predicted octanol–water partition coefficient (Wildman–Crippen LogP) is 5.41. The molecule has 0 bridgehead atoms. The lowest BCUT2D eigenvalue weighted by atomic mass is 9.94. The molecule has 0 aliphatic rings. The maximum Gasteiger partial charge on any atom is 0.169 e. The molecular formula is C26H40N2O3. The fourth-order valence-corrected chi connectivity index (χ4v) is 3.78. The third-order valence-electron chi connectivity index (χ3n) is 4.64. The topological polar surface area (TPSA) is 34.2 Å². The van der Waals surface area contributed by atoms with E-state index in [9.17, 15) is 0 Å². The molecule has 0 unspecified atom stereocenters. The summed E-state index contributed by atoms with van der Waals surface area (Å²) in [5.74, 6) is 2.84. The van der Waals surface area contributed by atoms with Crippen LogP contribution in [0.1, 0.15) is 27.7 Å². The zero-order valence-corrected chi connectivity index (χ0v) is 20.6. The maximum absolute atomic E-state index is 6.26. The maximum atomic E-state index is 6.26. The standard InChI is InChI=1S/C26H40N2O3/c1-25(2,17-27(5)6)19-29-21-13-9-11-15-23(21)31-24-16-12-10-14-22(24)30-20-26(3,4)18-28(7)8/h9-16H,17-20H2,1-8H3. The van der Waals surface area contributed by atoms with Gasteiger partial charge in [-0.05, 0) is 52.5 Å². The number of para-hydroxylation sites is 4. The second-order valence-electron chi connectivity index (χ2n) is 10.4. The van der Waals surface area contributed by atoms with Crippen molar-refractivity contribution in [1.82, 2.24) is 9.80 Å². The highest BCUT2D eigenvalue weighted by atomic mass is 16.5. The molecule has 0 aliphatic heterocycles. The van der Waals surface area contributed by atoms with Crippen LogP contribution >= 0.6 is 0 Å². The van der Waals surface area contributed by atoms with E-state index < -0.39 is 0 Å². The molecule has 5 heteroatoms. The first-order chi connectivity index (χ1) is 14.5. The average molecular weight is 429 g/mol. The van der Waals surface area contributed by atoms with E-state index in [1.807, 2.05) is 48.5 Å². The van der Waals surface area contributed by atoms with Crippen molar-refractivity contribution < 1.29 is 14.2 Å². The van der Waals surface area contributed by atoms with Crippen molar-refractivity contribution in [3.63, 3.8) is 0 Å². The molecule has 0 radical (unpaired) electrons. The van der Waals surface area contributed by atoms with Crippen molar-refractivity contribution >= 4 is 0 Å². The molecule has 0 N–H and O–H groups in total. The monoisotopic (exact) mass is 428 g/mol. The van der Waals surface area contributed by atoms with Crippen molar-refractivity contribution in [3.8, 4) is 23.0 Å². The SMILES string of the molecule is CN(C)CC(C)(C)COc1ccccc1Oc1ccccc1OCC(C)(C)CN(C)C. The molecule has 0 saturated carbocycles. The first-order valence-electron chi connectivity index (χ1n) is 10.9. The fourth-order valence-electron chi connectivity index (χ4n) is 3.78. The van der Waals surface area contributed by atoms with Crippen LogP contribution in [0.25, 0.3) is 0 Å². The zero-order valence-electron chi connectivity index (χ0n) is 20.6. The first kappa shape index (κ1) is 25.0. The molecule has 31 heavy (non-hydrogen) atoms. The zero-order chi connectivity index (χ0) is 23.1. The number of hydrogen-bond donors (Lipinski definition) is 0. The Morgan fingerprint density at radius 3 is 1.23 bits per heavy atom. The Labute approximate surface area is 188 Å². The highest BCUT2D eigenvalue weighted by molar-refractivity contribution is 5.47. The summed E-state index contributed by atoms with van der Waals surface area (Å²) < 4.78 is 18.6. The van der Waals surface area contributed by atoms with Gasteiger partial charge in [-0.3, -0.25) is 0 Å². The Bertz CT molecular complexity index is 748. The summed E-state index contributed by atoms with van der Waals surface area (Å²) in [4.78, 5) is 4.36. The Balaban J connectivity index is 2.12. The van der Waals surface area contributed by atoms with E-state index in [1.165, 1.54) is 0 Å². The average Bonchev–Trinajstić information content (AvgIpc) is 2.65. The van der Waals surface area contributed by atoms with Gasteiger partial charge in [0.2, 0.25) is 0 Å². The molecule has 172 valence electrons. The predicted molar refractivity (Wildman–Crippen MR) is 129 cm³/mol. The van der Waals surface area contributed by atoms with Gasteiger partial charge in [0, 0.05) is 23.9 Å². The summed E-state index contributed by atoms with van der Waals surface area (Å²) in [6.45, 7) is 11.9. The second-order valence-corrected chi connectivity index (χ2v) is 10.4. The summed E-state index contributed by atoms with van der Waals surface area (Å²) >= 11 is 0. The van der Waals surface area contributed by atoms with Gasteiger partial charge in [0.05, 0.1) is 13.2 Å². The van der Waals surface area contributed by atoms with Crippen LogP contribution in [0.2, 0.25) is 0 Å². The Hall–Kier alpha value is -2.24. The number of nitrogens with zero attached hydrogens (tertiary/aromatic N) is 2. The fraction of sp³-hybridized carbons (Fsp3) is 0.538. The first-order valence-corrected chi connectivity index (χ1v) is 10.9. The van der Waals surface area contributed by atoms with E-state index in [4.69, 9.17) is 14.2 Å². The Kier molecular flexibility index (Phi) is 8.78. The van der Waals surface area contributed by atoms with Crippen LogP contribution in [0.3, 0.4) is 0 Å². The molecule has 0 saturated heterocycles. The lowest BCUT2D eigenvalue weighted by Gasteiger charge is -2.29. The van der Waals surface area contributed by atoms with Crippen LogP contribution in [0.4, 0.5) is 0 Å². The molecule has 0 amide bonds. The molecule has 2 rings (SSSR count). The van der Waals surface area contributed by atoms with Crippen molar-refractivity contribution in [2.45, 2.75) is 27.7 Å². The van der Waals surface area contributed by atoms with Gasteiger partial charge in [-0.2, -0.15) is 0 Å². The van der Waals surface area contributed by atoms with Crippen molar-refractivity contribution in [2.24, 2.45) is 10.8 Å². The van der Waals surface area contributed by atoms with Gasteiger partial charge in [0.1, 0.15) is 0 Å². The van der Waals surface area contributed by atoms with E-state index in [0.29, 0.717) is 24.7 Å². The smallest absolute Gasteiger partial charge is 0.169 e. The van der Waals surface area contributed by atoms with Crippen LogP contribution in [-0.4, -0.2) is 64.3 Å². The molecule has 2 aromatic carbocycles. The lowest BCUT2D eigenvalue weighted by Crippen LogP contribution is -2.33. The minimum atomic E-state index is 0.0235. The summed E-state index contributed by atoms with van der Waals surface area (Å²) in [7, 11) is 8.32. The lowest BCUT2D eigenvalue weighted by molar-refractivity contribution is 0.136. The van der Waals surface area contributed by atoms with Crippen LogP contribution in [0.5, 0.6) is 23.0 Å². The summed E-state index contributed by atoms with van der Waals surface area (Å²) in [6.07, 6.45) is 0. The number of benzene rings is 2. The molecule has 0 atom stereocenters. The molecule has 0 aromatic heterocycles. The molecule has 0 aliphatic carbocycles. The van der Waals surface area contributed by atoms with Crippen LogP contribution in [0, 0.1) is 10.8 Å². The third kappa shape index (κ3) is 8.80. The van der Waals surface area contributed by atoms with Crippen LogP contribution in [0.15, 0.2) is 48.5 Å². The summed E-state index contributed by atoms with van der Waals surface area (Å²) in [6, 6.07) is 15.6. The summed E-state index contributed by atoms with van der Waals surface area (Å²) in [5, 5.41) is 0. The van der Waals surface area contributed by atoms with E-state index in [1.54, 1.807) is 0 Å². The molecule has 2 aromatic rings. The third-order valence-corrected chi connectivity index (χ3v) is 4.64. The van der Waals surface area contributed by atoms with Crippen LogP contribution in [-0.2, 0) is 0 Å². The Morgan fingerprint density at radius 2 is 0.903 bits per heavy atom. The van der Waals surface area contributed by atoms with Crippen molar-refractivity contribution in [1.29, 1.82) is 0 Å². The minimum Gasteiger partial charge on any atom is -0.489 e. The second kappa shape index (κ2) is 10.9. The van der Waals surface area contributed by atoms with Gasteiger partial charge in [0.25, 0.3) is 0 Å². The van der Waals surface area contributed by atoms with Crippen LogP contribution < -0.4 is 14.2 Å². The van der Waals surface area contributed by atoms with Gasteiger partial charge < -0.3 is 24.0 Å². The van der Waals surface area contributed by atoms with Gasteiger partial charge in [0.15, 0.2) is 23.0 Å². The largest absolute Gasteiger partial charge is 0.489 e. The highest BCUT2D eigenvalue weighted by Crippen LogP contribution is 2.37. The normalized spacial score (nSPS) is 12.3. The quantitative estimate of drug-likeness (QED) is 0.451. The number of ether oxygens (including phenoxy) is 3. The highest BCUT2D eigenvalue weighted by Gasteiger charge is 2.22. The molecule has 5 nitrogen and oxygen atoms in total. The number of rotatable bonds is 12. The molecule has 0 fully saturated rings. The van der Waals surface area contributed by atoms with E-state index in [-0.39, 0.29) is 10.8 Å².